The van der Waals surface area contributed by atoms with Crippen LogP contribution in [0.5, 0.6) is 5.75 Å². The molecule has 1 amide bonds. The molecule has 4 N–H and O–H groups in total. The molecule has 0 aliphatic carbocycles. The summed E-state index contributed by atoms with van der Waals surface area (Å²) in [6.07, 6.45) is 5.77. The first-order valence-corrected chi connectivity index (χ1v) is 10.4. The SMILES string of the molecule is Cc1ccc(O)c(C)c1NC(=O)c1cnc(Nc2ccn([C@H]3CCCNC3)n2)s1. The van der Waals surface area contributed by atoms with Gasteiger partial charge in [0.25, 0.3) is 5.91 Å². The highest BCUT2D eigenvalue weighted by atomic mass is 32.1. The van der Waals surface area contributed by atoms with E-state index in [-0.39, 0.29) is 11.7 Å². The molecule has 4 rings (SSSR count). The van der Waals surface area contributed by atoms with E-state index >= 15 is 0 Å². The number of rotatable bonds is 5. The van der Waals surface area contributed by atoms with Gasteiger partial charge in [0.2, 0.25) is 0 Å². The summed E-state index contributed by atoms with van der Waals surface area (Å²) in [6, 6.07) is 5.67. The molecule has 0 bridgehead atoms. The van der Waals surface area contributed by atoms with Gasteiger partial charge in [0.15, 0.2) is 10.9 Å². The van der Waals surface area contributed by atoms with Gasteiger partial charge in [-0.15, -0.1) is 0 Å². The van der Waals surface area contributed by atoms with Gasteiger partial charge in [-0.3, -0.25) is 9.48 Å². The second-order valence-electron chi connectivity index (χ2n) is 7.19. The Morgan fingerprint density at radius 2 is 2.21 bits per heavy atom. The number of nitrogens with zero attached hydrogens (tertiary/aromatic N) is 3. The van der Waals surface area contributed by atoms with E-state index in [1.165, 1.54) is 17.5 Å². The van der Waals surface area contributed by atoms with Crippen LogP contribution in [0.3, 0.4) is 0 Å². The van der Waals surface area contributed by atoms with Gasteiger partial charge < -0.3 is 21.1 Å². The summed E-state index contributed by atoms with van der Waals surface area (Å²) in [4.78, 5) is 17.4. The topological polar surface area (TPSA) is 104 Å². The number of aromatic hydroxyl groups is 1. The lowest BCUT2D eigenvalue weighted by Crippen LogP contribution is -2.31. The van der Waals surface area contributed by atoms with Crippen LogP contribution < -0.4 is 16.0 Å². The lowest BCUT2D eigenvalue weighted by Gasteiger charge is -2.22. The van der Waals surface area contributed by atoms with Crippen LogP contribution in [-0.2, 0) is 0 Å². The first kappa shape index (κ1) is 19.4. The largest absolute Gasteiger partial charge is 0.508 e. The Balaban J connectivity index is 1.43. The van der Waals surface area contributed by atoms with E-state index in [1.54, 1.807) is 19.1 Å². The molecule has 0 spiro atoms. The number of anilines is 3. The Morgan fingerprint density at radius 3 is 3.00 bits per heavy atom. The molecule has 152 valence electrons. The number of hydrogen-bond acceptors (Lipinski definition) is 7. The summed E-state index contributed by atoms with van der Waals surface area (Å²) in [6.45, 7) is 5.65. The van der Waals surface area contributed by atoms with Crippen LogP contribution in [0.25, 0.3) is 0 Å². The fourth-order valence-electron chi connectivity index (χ4n) is 3.42. The minimum atomic E-state index is -0.258. The Morgan fingerprint density at radius 1 is 1.34 bits per heavy atom. The summed E-state index contributed by atoms with van der Waals surface area (Å²) in [5.41, 5.74) is 2.15. The Labute approximate surface area is 173 Å². The highest BCUT2D eigenvalue weighted by Crippen LogP contribution is 2.29. The molecular formula is C20H24N6O2S. The third kappa shape index (κ3) is 4.25. The van der Waals surface area contributed by atoms with Crippen molar-refractivity contribution in [1.82, 2.24) is 20.1 Å². The lowest BCUT2D eigenvalue weighted by atomic mass is 10.1. The summed E-state index contributed by atoms with van der Waals surface area (Å²) in [7, 11) is 0. The number of aryl methyl sites for hydroxylation is 1. The number of phenolic OH excluding ortho intramolecular Hbond substituents is 1. The number of benzene rings is 1. The average Bonchev–Trinajstić information content (AvgIpc) is 3.39. The molecule has 0 radical (unpaired) electrons. The van der Waals surface area contributed by atoms with E-state index in [4.69, 9.17) is 0 Å². The van der Waals surface area contributed by atoms with E-state index < -0.39 is 0 Å². The molecule has 3 heterocycles. The van der Waals surface area contributed by atoms with Crippen molar-refractivity contribution in [2.75, 3.05) is 23.7 Å². The van der Waals surface area contributed by atoms with Crippen LogP contribution in [0.15, 0.2) is 30.6 Å². The van der Waals surface area contributed by atoms with Crippen LogP contribution in [0.2, 0.25) is 0 Å². The molecule has 2 aromatic heterocycles. The van der Waals surface area contributed by atoms with E-state index in [9.17, 15) is 9.90 Å². The van der Waals surface area contributed by atoms with Crippen molar-refractivity contribution >= 4 is 33.9 Å². The van der Waals surface area contributed by atoms with E-state index in [2.05, 4.69) is 26.0 Å². The molecule has 0 unspecified atom stereocenters. The predicted octanol–water partition coefficient (Wildman–Crippen LogP) is 3.58. The molecule has 1 fully saturated rings. The molecule has 1 aromatic carbocycles. The molecule has 1 atom stereocenters. The van der Waals surface area contributed by atoms with Crippen molar-refractivity contribution in [1.29, 1.82) is 0 Å². The quantitative estimate of drug-likeness (QED) is 0.511. The summed E-state index contributed by atoms with van der Waals surface area (Å²) < 4.78 is 1.98. The number of amides is 1. The standard InChI is InChI=1S/C20H24N6O2S/c1-12-5-6-15(27)13(2)18(12)24-19(28)16-11-22-20(29-16)23-17-7-9-26(25-17)14-4-3-8-21-10-14/h5-7,9,11,14,21,27H,3-4,8,10H2,1-2H3,(H,24,28)(H,22,23,25)/t14-/m0/s1. The summed E-state index contributed by atoms with van der Waals surface area (Å²) in [5, 5.41) is 24.5. The second-order valence-corrected chi connectivity index (χ2v) is 8.22. The second kappa shape index (κ2) is 8.22. The van der Waals surface area contributed by atoms with E-state index in [0.717, 1.165) is 31.5 Å². The Kier molecular flexibility index (Phi) is 5.50. The zero-order valence-corrected chi connectivity index (χ0v) is 17.2. The maximum Gasteiger partial charge on any atom is 0.267 e. The minimum absolute atomic E-state index is 0.154. The van der Waals surface area contributed by atoms with Crippen molar-refractivity contribution < 1.29 is 9.90 Å². The molecule has 8 nitrogen and oxygen atoms in total. The molecule has 3 aromatic rings. The van der Waals surface area contributed by atoms with Crippen molar-refractivity contribution in [2.24, 2.45) is 0 Å². The van der Waals surface area contributed by atoms with Gasteiger partial charge in [0.05, 0.1) is 17.9 Å². The Hall–Kier alpha value is -2.91. The summed E-state index contributed by atoms with van der Waals surface area (Å²) in [5.74, 6) is 0.601. The number of carbonyl (C=O) groups excluding carboxylic acids is 1. The fraction of sp³-hybridized carbons (Fsp3) is 0.350. The first-order valence-electron chi connectivity index (χ1n) is 9.60. The molecule has 1 aliphatic heterocycles. The van der Waals surface area contributed by atoms with E-state index in [1.807, 2.05) is 23.9 Å². The van der Waals surface area contributed by atoms with Gasteiger partial charge in [-0.05, 0) is 44.9 Å². The molecule has 9 heteroatoms. The third-order valence-corrected chi connectivity index (χ3v) is 6.01. The number of carbonyl (C=O) groups is 1. The number of aromatic nitrogens is 3. The van der Waals surface area contributed by atoms with Crippen LogP contribution in [0.1, 0.15) is 39.7 Å². The molecular weight excluding hydrogens is 388 g/mol. The van der Waals surface area contributed by atoms with Crippen molar-refractivity contribution in [3.8, 4) is 5.75 Å². The lowest BCUT2D eigenvalue weighted by molar-refractivity contribution is 0.103. The van der Waals surface area contributed by atoms with Crippen LogP contribution in [-0.4, -0.2) is 38.9 Å². The highest BCUT2D eigenvalue weighted by molar-refractivity contribution is 7.17. The van der Waals surface area contributed by atoms with Gasteiger partial charge in [-0.1, -0.05) is 17.4 Å². The number of phenols is 1. The van der Waals surface area contributed by atoms with Gasteiger partial charge >= 0.3 is 0 Å². The molecule has 1 saturated heterocycles. The third-order valence-electron chi connectivity index (χ3n) is 5.10. The molecule has 29 heavy (non-hydrogen) atoms. The van der Waals surface area contributed by atoms with Gasteiger partial charge in [-0.2, -0.15) is 5.10 Å². The molecule has 0 saturated carbocycles. The monoisotopic (exact) mass is 412 g/mol. The predicted molar refractivity (Wildman–Crippen MR) is 114 cm³/mol. The van der Waals surface area contributed by atoms with Crippen LogP contribution in [0, 0.1) is 13.8 Å². The molecule has 1 aliphatic rings. The fourth-order valence-corrected chi connectivity index (χ4v) is 4.14. The van der Waals surface area contributed by atoms with Crippen LogP contribution >= 0.6 is 11.3 Å². The zero-order valence-electron chi connectivity index (χ0n) is 16.4. The Bertz CT molecular complexity index is 1020. The number of nitrogens with one attached hydrogen (secondary N) is 3. The normalized spacial score (nSPS) is 16.6. The number of hydrogen-bond donors (Lipinski definition) is 4. The zero-order chi connectivity index (χ0) is 20.4. The minimum Gasteiger partial charge on any atom is -0.508 e. The van der Waals surface area contributed by atoms with Gasteiger partial charge in [0.1, 0.15) is 10.6 Å². The van der Waals surface area contributed by atoms with Gasteiger partial charge in [0, 0.05) is 24.4 Å². The first-order chi connectivity index (χ1) is 14.0. The van der Waals surface area contributed by atoms with Crippen molar-refractivity contribution in [2.45, 2.75) is 32.7 Å². The van der Waals surface area contributed by atoms with Crippen LogP contribution in [0.4, 0.5) is 16.6 Å². The maximum atomic E-state index is 12.6. The smallest absolute Gasteiger partial charge is 0.267 e. The summed E-state index contributed by atoms with van der Waals surface area (Å²) >= 11 is 1.26. The highest BCUT2D eigenvalue weighted by Gasteiger charge is 2.17. The maximum absolute atomic E-state index is 12.6. The van der Waals surface area contributed by atoms with Crippen molar-refractivity contribution in [3.05, 3.63) is 46.6 Å². The van der Waals surface area contributed by atoms with Crippen molar-refractivity contribution in [3.63, 3.8) is 0 Å². The number of piperidine rings is 1. The van der Waals surface area contributed by atoms with Gasteiger partial charge in [-0.25, -0.2) is 4.98 Å². The average molecular weight is 413 g/mol. The van der Waals surface area contributed by atoms with E-state index in [0.29, 0.717) is 33.1 Å². The number of thiazole rings is 1.